The highest BCUT2D eigenvalue weighted by Crippen LogP contribution is 2.29. The van der Waals surface area contributed by atoms with E-state index in [2.05, 4.69) is 5.32 Å². The Morgan fingerprint density at radius 2 is 2.06 bits per heavy atom. The fraction of sp³-hybridized carbons (Fsp3) is 0.929. The normalized spacial score (nSPS) is 22.6. The van der Waals surface area contributed by atoms with Gasteiger partial charge in [0.25, 0.3) is 0 Å². The van der Waals surface area contributed by atoms with Gasteiger partial charge in [-0.3, -0.25) is 4.79 Å². The maximum atomic E-state index is 11.1. The van der Waals surface area contributed by atoms with Gasteiger partial charge in [-0.25, -0.2) is 0 Å². The fourth-order valence-electron chi connectivity index (χ4n) is 2.30. The lowest BCUT2D eigenvalue weighted by Crippen LogP contribution is -2.37. The predicted molar refractivity (Wildman–Crippen MR) is 71.5 cm³/mol. The van der Waals surface area contributed by atoms with Gasteiger partial charge in [-0.1, -0.05) is 6.42 Å². The van der Waals surface area contributed by atoms with Crippen LogP contribution in [0.5, 0.6) is 0 Å². The molecule has 0 radical (unpaired) electrons. The number of esters is 1. The number of hydrogen-bond donors (Lipinski definition) is 1. The number of carbonyl (C=O) groups excluding carboxylic acids is 1. The van der Waals surface area contributed by atoms with Crippen molar-refractivity contribution >= 4 is 5.97 Å². The first kappa shape index (κ1) is 15.4. The highest BCUT2D eigenvalue weighted by molar-refractivity contribution is 5.69. The zero-order chi connectivity index (χ0) is 13.2. The molecule has 1 saturated carbocycles. The van der Waals surface area contributed by atoms with Crippen LogP contribution in [0.25, 0.3) is 0 Å². The van der Waals surface area contributed by atoms with Crippen molar-refractivity contribution in [1.29, 1.82) is 0 Å². The summed E-state index contributed by atoms with van der Waals surface area (Å²) in [5.74, 6) is 0.733. The molecule has 0 bridgehead atoms. The molecular weight excluding hydrogens is 230 g/mol. The zero-order valence-corrected chi connectivity index (χ0v) is 11.7. The third-order valence-corrected chi connectivity index (χ3v) is 3.37. The van der Waals surface area contributed by atoms with Crippen molar-refractivity contribution < 1.29 is 14.3 Å². The molecule has 0 amide bonds. The van der Waals surface area contributed by atoms with Gasteiger partial charge in [0, 0.05) is 13.0 Å². The van der Waals surface area contributed by atoms with Crippen LogP contribution in [0.2, 0.25) is 0 Å². The van der Waals surface area contributed by atoms with Crippen molar-refractivity contribution in [1.82, 2.24) is 5.32 Å². The summed E-state index contributed by atoms with van der Waals surface area (Å²) in [7, 11) is 2.00. The summed E-state index contributed by atoms with van der Waals surface area (Å²) < 4.78 is 10.6. The molecule has 0 aromatic carbocycles. The minimum atomic E-state index is -0.0766. The van der Waals surface area contributed by atoms with E-state index in [0.29, 0.717) is 19.1 Å². The molecule has 1 N–H and O–H groups in total. The van der Waals surface area contributed by atoms with Crippen LogP contribution in [0.15, 0.2) is 0 Å². The zero-order valence-electron chi connectivity index (χ0n) is 11.7. The Bertz CT molecular complexity index is 227. The maximum absolute atomic E-state index is 11.1. The van der Waals surface area contributed by atoms with Crippen LogP contribution in [-0.2, 0) is 14.3 Å². The molecule has 0 spiro atoms. The van der Waals surface area contributed by atoms with Crippen molar-refractivity contribution in [3.63, 3.8) is 0 Å². The second-order valence-corrected chi connectivity index (χ2v) is 5.00. The van der Waals surface area contributed by atoms with Gasteiger partial charge >= 0.3 is 5.97 Å². The van der Waals surface area contributed by atoms with Gasteiger partial charge in [-0.05, 0) is 52.1 Å². The van der Waals surface area contributed by atoms with Gasteiger partial charge < -0.3 is 14.8 Å². The van der Waals surface area contributed by atoms with Crippen LogP contribution in [-0.4, -0.2) is 38.9 Å². The first-order valence-electron chi connectivity index (χ1n) is 7.18. The Labute approximate surface area is 110 Å². The second kappa shape index (κ2) is 9.34. The summed E-state index contributed by atoms with van der Waals surface area (Å²) >= 11 is 0. The molecule has 0 aromatic rings. The van der Waals surface area contributed by atoms with Gasteiger partial charge in [0.05, 0.1) is 12.7 Å². The molecule has 1 aliphatic carbocycles. The van der Waals surface area contributed by atoms with Crippen molar-refractivity contribution in [3.05, 3.63) is 0 Å². The van der Waals surface area contributed by atoms with E-state index in [9.17, 15) is 4.79 Å². The number of unbranched alkanes of at least 4 members (excludes halogenated alkanes) is 2. The molecule has 4 heteroatoms. The lowest BCUT2D eigenvalue weighted by Gasteiger charge is -2.35. The van der Waals surface area contributed by atoms with Crippen LogP contribution in [0, 0.1) is 5.92 Å². The van der Waals surface area contributed by atoms with Gasteiger partial charge in [-0.2, -0.15) is 0 Å². The number of hydrogen-bond acceptors (Lipinski definition) is 4. The molecule has 0 aliphatic heterocycles. The number of carbonyl (C=O) groups is 1. The lowest BCUT2D eigenvalue weighted by atomic mass is 9.82. The molecule has 0 atom stereocenters. The van der Waals surface area contributed by atoms with E-state index in [1.54, 1.807) is 0 Å². The summed E-state index contributed by atoms with van der Waals surface area (Å²) in [6, 6.07) is 0. The van der Waals surface area contributed by atoms with Gasteiger partial charge in [0.1, 0.15) is 0 Å². The lowest BCUT2D eigenvalue weighted by molar-refractivity contribution is -0.143. The van der Waals surface area contributed by atoms with Crippen LogP contribution in [0.3, 0.4) is 0 Å². The monoisotopic (exact) mass is 257 g/mol. The topological polar surface area (TPSA) is 47.6 Å². The van der Waals surface area contributed by atoms with Crippen LogP contribution < -0.4 is 5.32 Å². The SMILES string of the molecule is CCOC(=O)CCCCCOC1CC(CNC)C1. The van der Waals surface area contributed by atoms with Crippen molar-refractivity contribution in [2.75, 3.05) is 26.8 Å². The molecule has 0 saturated heterocycles. The summed E-state index contributed by atoms with van der Waals surface area (Å²) in [6.07, 6.45) is 6.43. The van der Waals surface area contributed by atoms with Gasteiger partial charge in [0.2, 0.25) is 0 Å². The van der Waals surface area contributed by atoms with Crippen molar-refractivity contribution in [2.24, 2.45) is 5.92 Å². The van der Waals surface area contributed by atoms with Gasteiger partial charge in [-0.15, -0.1) is 0 Å². The fourth-order valence-corrected chi connectivity index (χ4v) is 2.30. The van der Waals surface area contributed by atoms with Crippen molar-refractivity contribution in [2.45, 2.75) is 51.6 Å². The first-order chi connectivity index (χ1) is 8.76. The minimum absolute atomic E-state index is 0.0766. The molecule has 106 valence electrons. The molecule has 0 aromatic heterocycles. The highest BCUT2D eigenvalue weighted by Gasteiger charge is 2.28. The molecule has 1 aliphatic rings. The largest absolute Gasteiger partial charge is 0.466 e. The van der Waals surface area contributed by atoms with Gasteiger partial charge in [0.15, 0.2) is 0 Å². The number of nitrogens with one attached hydrogen (secondary N) is 1. The number of rotatable bonds is 10. The summed E-state index contributed by atoms with van der Waals surface area (Å²) in [6.45, 7) is 4.27. The third-order valence-electron chi connectivity index (χ3n) is 3.37. The van der Waals surface area contributed by atoms with E-state index in [1.165, 1.54) is 12.8 Å². The minimum Gasteiger partial charge on any atom is -0.466 e. The molecule has 18 heavy (non-hydrogen) atoms. The quantitative estimate of drug-likeness (QED) is 0.481. The van der Waals surface area contributed by atoms with Crippen LogP contribution >= 0.6 is 0 Å². The third kappa shape index (κ3) is 6.36. The van der Waals surface area contributed by atoms with E-state index in [1.807, 2.05) is 14.0 Å². The summed E-state index contributed by atoms with van der Waals surface area (Å²) in [5.41, 5.74) is 0. The standard InChI is InChI=1S/C14H27NO3/c1-3-17-14(16)7-5-4-6-8-18-13-9-12(10-13)11-15-2/h12-13,15H,3-11H2,1-2H3. The van der Waals surface area contributed by atoms with Crippen molar-refractivity contribution in [3.8, 4) is 0 Å². The van der Waals surface area contributed by atoms with E-state index in [4.69, 9.17) is 9.47 Å². The molecular formula is C14H27NO3. The first-order valence-corrected chi connectivity index (χ1v) is 7.18. The van der Waals surface area contributed by atoms with E-state index >= 15 is 0 Å². The van der Waals surface area contributed by atoms with E-state index in [0.717, 1.165) is 38.3 Å². The van der Waals surface area contributed by atoms with E-state index < -0.39 is 0 Å². The predicted octanol–water partition coefficient (Wildman–Crippen LogP) is 2.12. The molecule has 4 nitrogen and oxygen atoms in total. The maximum Gasteiger partial charge on any atom is 0.305 e. The molecule has 1 rings (SSSR count). The highest BCUT2D eigenvalue weighted by atomic mass is 16.5. The Morgan fingerprint density at radius 3 is 2.72 bits per heavy atom. The number of ether oxygens (including phenoxy) is 2. The molecule has 1 fully saturated rings. The summed E-state index contributed by atoms with van der Waals surface area (Å²) in [4.78, 5) is 11.1. The Morgan fingerprint density at radius 1 is 1.28 bits per heavy atom. The summed E-state index contributed by atoms with van der Waals surface area (Å²) in [5, 5.41) is 3.20. The van der Waals surface area contributed by atoms with Crippen LogP contribution in [0.4, 0.5) is 0 Å². The van der Waals surface area contributed by atoms with Crippen LogP contribution in [0.1, 0.15) is 45.4 Å². The average molecular weight is 257 g/mol. The molecule has 0 unspecified atom stereocenters. The smallest absolute Gasteiger partial charge is 0.305 e. The van der Waals surface area contributed by atoms with E-state index in [-0.39, 0.29) is 5.97 Å². The second-order valence-electron chi connectivity index (χ2n) is 5.00. The average Bonchev–Trinajstić information content (AvgIpc) is 2.30. The molecule has 0 heterocycles. The Hall–Kier alpha value is -0.610. The Kier molecular flexibility index (Phi) is 8.01. The Balaban J connectivity index is 1.81.